The zero-order valence-electron chi connectivity index (χ0n) is 17.8. The standard InChI is InChI=1S/C23H22FN7O2/c24-18-2-1-3-19(12-18)33-22-7-4-16(13-25-22)14-26-23(32)17-8-10-30(11-9-17)21-6-5-20-28-27-15-31(20)29-21/h1-7,12-13,15,17H,8-11,14H2,(H,26,32). The van der Waals surface area contributed by atoms with Gasteiger partial charge >= 0.3 is 0 Å². The number of rotatable bonds is 6. The molecule has 0 spiro atoms. The second-order valence-electron chi connectivity index (χ2n) is 7.87. The zero-order chi connectivity index (χ0) is 22.6. The van der Waals surface area contributed by atoms with Gasteiger partial charge in [0.2, 0.25) is 11.8 Å². The lowest BCUT2D eigenvalue weighted by Crippen LogP contribution is -2.40. The molecule has 1 aliphatic rings. The fourth-order valence-corrected chi connectivity index (χ4v) is 3.82. The van der Waals surface area contributed by atoms with Crippen molar-refractivity contribution in [1.82, 2.24) is 30.1 Å². The van der Waals surface area contributed by atoms with Crippen molar-refractivity contribution in [1.29, 1.82) is 0 Å². The number of aromatic nitrogens is 5. The van der Waals surface area contributed by atoms with Crippen molar-refractivity contribution in [2.24, 2.45) is 5.92 Å². The topological polar surface area (TPSA) is 97.5 Å². The highest BCUT2D eigenvalue weighted by Gasteiger charge is 2.25. The van der Waals surface area contributed by atoms with Crippen LogP contribution in [0.1, 0.15) is 18.4 Å². The quantitative estimate of drug-likeness (QED) is 0.485. The molecule has 5 rings (SSSR count). The Morgan fingerprint density at radius 2 is 2.03 bits per heavy atom. The third-order valence-corrected chi connectivity index (χ3v) is 5.62. The summed E-state index contributed by atoms with van der Waals surface area (Å²) in [7, 11) is 0. The van der Waals surface area contributed by atoms with Gasteiger partial charge in [0.05, 0.1) is 0 Å². The van der Waals surface area contributed by atoms with Gasteiger partial charge in [0, 0.05) is 43.9 Å². The van der Waals surface area contributed by atoms with Gasteiger partial charge < -0.3 is 15.0 Å². The fraction of sp³-hybridized carbons (Fsp3) is 0.261. The first-order valence-electron chi connectivity index (χ1n) is 10.7. The average Bonchev–Trinajstić information content (AvgIpc) is 3.32. The largest absolute Gasteiger partial charge is 0.439 e. The molecule has 4 aromatic rings. The molecule has 0 unspecified atom stereocenters. The highest BCUT2D eigenvalue weighted by molar-refractivity contribution is 5.79. The molecule has 33 heavy (non-hydrogen) atoms. The Labute approximate surface area is 189 Å². The van der Waals surface area contributed by atoms with Crippen LogP contribution in [0.4, 0.5) is 10.2 Å². The van der Waals surface area contributed by atoms with Crippen LogP contribution < -0.4 is 15.0 Å². The van der Waals surface area contributed by atoms with Crippen LogP contribution in [0.25, 0.3) is 5.65 Å². The molecule has 0 bridgehead atoms. The highest BCUT2D eigenvalue weighted by atomic mass is 19.1. The molecule has 1 aliphatic heterocycles. The summed E-state index contributed by atoms with van der Waals surface area (Å²) in [5, 5.41) is 15.3. The first kappa shape index (κ1) is 20.8. The zero-order valence-corrected chi connectivity index (χ0v) is 17.8. The van der Waals surface area contributed by atoms with Gasteiger partial charge in [-0.25, -0.2) is 9.37 Å². The molecular weight excluding hydrogens is 425 g/mol. The number of pyridine rings is 1. The van der Waals surface area contributed by atoms with E-state index in [-0.39, 0.29) is 17.6 Å². The lowest BCUT2D eigenvalue weighted by atomic mass is 9.96. The molecule has 9 nitrogen and oxygen atoms in total. The number of nitrogens with one attached hydrogen (secondary N) is 1. The van der Waals surface area contributed by atoms with Crippen molar-refractivity contribution < 1.29 is 13.9 Å². The first-order chi connectivity index (χ1) is 16.1. The van der Waals surface area contributed by atoms with Crippen molar-refractivity contribution >= 4 is 17.4 Å². The van der Waals surface area contributed by atoms with Crippen LogP contribution >= 0.6 is 0 Å². The van der Waals surface area contributed by atoms with Crippen LogP contribution in [0, 0.1) is 11.7 Å². The van der Waals surface area contributed by atoms with Gasteiger partial charge in [-0.05, 0) is 42.7 Å². The summed E-state index contributed by atoms with van der Waals surface area (Å²) < 4.78 is 20.5. The number of benzene rings is 1. The molecule has 0 aliphatic carbocycles. The number of hydrogen-bond donors (Lipinski definition) is 1. The van der Waals surface area contributed by atoms with Crippen molar-refractivity contribution in [3.63, 3.8) is 0 Å². The number of amides is 1. The maximum absolute atomic E-state index is 13.3. The van der Waals surface area contributed by atoms with Crippen LogP contribution in [0.5, 0.6) is 11.6 Å². The number of halogens is 1. The smallest absolute Gasteiger partial charge is 0.223 e. The molecule has 0 atom stereocenters. The average molecular weight is 447 g/mol. The van der Waals surface area contributed by atoms with E-state index < -0.39 is 0 Å². The van der Waals surface area contributed by atoms with E-state index in [4.69, 9.17) is 4.74 Å². The Hall–Kier alpha value is -4.08. The second kappa shape index (κ2) is 9.19. The van der Waals surface area contributed by atoms with Crippen molar-refractivity contribution in [3.05, 3.63) is 72.4 Å². The predicted octanol–water partition coefficient (Wildman–Crippen LogP) is 2.98. The molecule has 1 saturated heterocycles. The van der Waals surface area contributed by atoms with E-state index in [0.29, 0.717) is 23.8 Å². The number of anilines is 1. The number of hydrogen-bond acceptors (Lipinski definition) is 7. The Morgan fingerprint density at radius 1 is 1.15 bits per heavy atom. The van der Waals surface area contributed by atoms with E-state index in [0.717, 1.165) is 37.3 Å². The Balaban J connectivity index is 1.10. The number of carbonyl (C=O) groups excluding carboxylic acids is 1. The van der Waals surface area contributed by atoms with Gasteiger partial charge in [0.15, 0.2) is 5.65 Å². The Kier molecular flexibility index (Phi) is 5.79. The Morgan fingerprint density at radius 3 is 2.82 bits per heavy atom. The van der Waals surface area contributed by atoms with Crippen LogP contribution in [0.15, 0.2) is 61.1 Å². The minimum absolute atomic E-state index is 0.0385. The number of fused-ring (bicyclic) bond motifs is 1. The lowest BCUT2D eigenvalue weighted by molar-refractivity contribution is -0.125. The van der Waals surface area contributed by atoms with E-state index in [1.807, 2.05) is 18.2 Å². The number of carbonyl (C=O) groups is 1. The van der Waals surface area contributed by atoms with Crippen LogP contribution in [0.2, 0.25) is 0 Å². The summed E-state index contributed by atoms with van der Waals surface area (Å²) in [6.45, 7) is 1.90. The second-order valence-corrected chi connectivity index (χ2v) is 7.87. The fourth-order valence-electron chi connectivity index (χ4n) is 3.82. The summed E-state index contributed by atoms with van der Waals surface area (Å²) in [5.74, 6) is 1.23. The van der Waals surface area contributed by atoms with Crippen molar-refractivity contribution in [3.8, 4) is 11.6 Å². The van der Waals surface area contributed by atoms with Gasteiger partial charge in [-0.1, -0.05) is 12.1 Å². The summed E-state index contributed by atoms with van der Waals surface area (Å²) in [6.07, 6.45) is 4.73. The Bertz CT molecular complexity index is 1250. The number of ether oxygens (including phenoxy) is 1. The molecule has 3 aromatic heterocycles. The first-order valence-corrected chi connectivity index (χ1v) is 10.7. The van der Waals surface area contributed by atoms with Crippen LogP contribution in [-0.2, 0) is 11.3 Å². The minimum Gasteiger partial charge on any atom is -0.439 e. The molecule has 1 aromatic carbocycles. The molecule has 1 amide bonds. The van der Waals surface area contributed by atoms with E-state index in [1.54, 1.807) is 35.2 Å². The predicted molar refractivity (Wildman–Crippen MR) is 118 cm³/mol. The van der Waals surface area contributed by atoms with E-state index in [2.05, 4.69) is 30.5 Å². The molecule has 10 heteroatoms. The van der Waals surface area contributed by atoms with Gasteiger partial charge in [-0.15, -0.1) is 15.3 Å². The number of nitrogens with zero attached hydrogens (tertiary/aromatic N) is 6. The third kappa shape index (κ3) is 4.89. The highest BCUT2D eigenvalue weighted by Crippen LogP contribution is 2.23. The summed E-state index contributed by atoms with van der Waals surface area (Å²) in [5.41, 5.74) is 1.56. The van der Waals surface area contributed by atoms with Gasteiger partial charge in [-0.3, -0.25) is 4.79 Å². The number of piperidine rings is 1. The molecule has 4 heterocycles. The SMILES string of the molecule is O=C(NCc1ccc(Oc2cccc(F)c2)nc1)C1CCN(c2ccc3nncn3n2)CC1. The van der Waals surface area contributed by atoms with Crippen molar-refractivity contribution in [2.75, 3.05) is 18.0 Å². The van der Waals surface area contributed by atoms with E-state index >= 15 is 0 Å². The molecule has 168 valence electrons. The normalized spacial score (nSPS) is 14.4. The summed E-state index contributed by atoms with van der Waals surface area (Å²) in [6, 6.07) is 13.2. The van der Waals surface area contributed by atoms with Crippen LogP contribution in [0.3, 0.4) is 0 Å². The molecule has 0 saturated carbocycles. The molecule has 1 fully saturated rings. The summed E-state index contributed by atoms with van der Waals surface area (Å²) in [4.78, 5) is 19.1. The van der Waals surface area contributed by atoms with Crippen molar-refractivity contribution in [2.45, 2.75) is 19.4 Å². The third-order valence-electron chi connectivity index (χ3n) is 5.62. The lowest BCUT2D eigenvalue weighted by Gasteiger charge is -2.32. The maximum atomic E-state index is 13.3. The monoisotopic (exact) mass is 447 g/mol. The van der Waals surface area contributed by atoms with E-state index in [9.17, 15) is 9.18 Å². The maximum Gasteiger partial charge on any atom is 0.223 e. The van der Waals surface area contributed by atoms with Crippen LogP contribution in [-0.4, -0.2) is 43.8 Å². The van der Waals surface area contributed by atoms with Gasteiger partial charge in [0.25, 0.3) is 0 Å². The van der Waals surface area contributed by atoms with E-state index in [1.165, 1.54) is 12.1 Å². The minimum atomic E-state index is -0.370. The summed E-state index contributed by atoms with van der Waals surface area (Å²) >= 11 is 0. The molecular formula is C23H22FN7O2. The van der Waals surface area contributed by atoms with Gasteiger partial charge in [-0.2, -0.15) is 4.52 Å². The molecule has 1 N–H and O–H groups in total. The van der Waals surface area contributed by atoms with Gasteiger partial charge in [0.1, 0.15) is 23.7 Å². The molecule has 0 radical (unpaired) electrons.